The van der Waals surface area contributed by atoms with Crippen LogP contribution in [0.15, 0.2) is 61.1 Å². The summed E-state index contributed by atoms with van der Waals surface area (Å²) in [4.78, 5) is 0. The van der Waals surface area contributed by atoms with E-state index in [1.54, 1.807) is 0 Å². The minimum absolute atomic E-state index is 0.0111. The zero-order valence-electron chi connectivity index (χ0n) is 18.6. The molecule has 6 rings (SSSR count). The molecule has 0 atom stereocenters. The summed E-state index contributed by atoms with van der Waals surface area (Å²) in [6.07, 6.45) is 6.63. The lowest BCUT2D eigenvalue weighted by atomic mass is 9.60. The molecule has 0 aliphatic carbocycles. The van der Waals surface area contributed by atoms with Gasteiger partial charge in [0.2, 0.25) is 0 Å². The summed E-state index contributed by atoms with van der Waals surface area (Å²) >= 11 is 0. The summed E-state index contributed by atoms with van der Waals surface area (Å²) in [6, 6.07) is 15.7. The third-order valence-electron chi connectivity index (χ3n) is 7.99. The maximum atomic E-state index is 2.55. The second-order valence-electron chi connectivity index (χ2n) is 10.0. The molecule has 2 aromatic carbocycles. The highest BCUT2D eigenvalue weighted by Gasteiger charge is 2.50. The first kappa shape index (κ1) is 17.8. The van der Waals surface area contributed by atoms with Crippen LogP contribution in [0.25, 0.3) is 33.0 Å². The molecule has 0 unspecified atom stereocenters. The molecule has 30 heavy (non-hydrogen) atoms. The third-order valence-corrected chi connectivity index (χ3v) is 7.99. The maximum absolute atomic E-state index is 2.55. The molecule has 0 radical (unpaired) electrons. The lowest BCUT2D eigenvalue weighted by Crippen LogP contribution is -2.44. The highest BCUT2D eigenvalue weighted by molar-refractivity contribution is 6.14. The van der Waals surface area contributed by atoms with Crippen LogP contribution in [0, 0.1) is 6.92 Å². The van der Waals surface area contributed by atoms with E-state index in [9.17, 15) is 0 Å². The molecule has 3 aromatic heterocycles. The molecule has 0 N–H and O–H groups in total. The summed E-state index contributed by atoms with van der Waals surface area (Å²) in [6.45, 7) is 11.8. The Morgan fingerprint density at radius 2 is 1.60 bits per heavy atom. The van der Waals surface area contributed by atoms with E-state index >= 15 is 0 Å². The Labute approximate surface area is 177 Å². The van der Waals surface area contributed by atoms with Gasteiger partial charge in [-0.2, -0.15) is 4.40 Å². The molecule has 0 saturated carbocycles. The Balaban J connectivity index is 1.98. The summed E-state index contributed by atoms with van der Waals surface area (Å²) < 4.78 is 7.11. The van der Waals surface area contributed by atoms with E-state index in [4.69, 9.17) is 0 Å². The van der Waals surface area contributed by atoms with E-state index in [-0.39, 0.29) is 10.8 Å². The predicted molar refractivity (Wildman–Crippen MR) is 124 cm³/mol. The van der Waals surface area contributed by atoms with Crippen LogP contribution < -0.4 is 4.57 Å². The number of nitrogens with zero attached hydrogens (tertiary/aromatic N) is 3. The van der Waals surface area contributed by atoms with Crippen molar-refractivity contribution in [2.75, 3.05) is 0 Å². The Morgan fingerprint density at radius 1 is 0.867 bits per heavy atom. The fourth-order valence-corrected chi connectivity index (χ4v) is 5.57. The van der Waals surface area contributed by atoms with Crippen molar-refractivity contribution < 1.29 is 4.57 Å². The minimum atomic E-state index is -0.0137. The van der Waals surface area contributed by atoms with Gasteiger partial charge in [-0.15, -0.1) is 0 Å². The second kappa shape index (κ2) is 5.34. The van der Waals surface area contributed by atoms with Crippen LogP contribution in [0.1, 0.15) is 44.5 Å². The van der Waals surface area contributed by atoms with Crippen molar-refractivity contribution in [1.82, 2.24) is 8.97 Å². The Kier molecular flexibility index (Phi) is 3.16. The zero-order valence-corrected chi connectivity index (χ0v) is 18.6. The summed E-state index contributed by atoms with van der Waals surface area (Å²) in [5, 5.41) is 4.02. The van der Waals surface area contributed by atoms with E-state index in [2.05, 4.69) is 116 Å². The second-order valence-corrected chi connectivity index (χ2v) is 10.0. The Hall–Kier alpha value is -3.07. The number of pyridine rings is 1. The maximum Gasteiger partial charge on any atom is 0.295 e. The molecule has 0 bridgehead atoms. The van der Waals surface area contributed by atoms with Crippen LogP contribution in [0.5, 0.6) is 0 Å². The molecule has 0 saturated heterocycles. The van der Waals surface area contributed by atoms with Crippen LogP contribution >= 0.6 is 0 Å². The molecule has 0 fully saturated rings. The van der Waals surface area contributed by atoms with Crippen molar-refractivity contribution in [3.05, 3.63) is 77.9 Å². The van der Waals surface area contributed by atoms with Crippen LogP contribution in [-0.2, 0) is 17.9 Å². The number of benzene rings is 2. The van der Waals surface area contributed by atoms with E-state index in [1.807, 2.05) is 0 Å². The Morgan fingerprint density at radius 3 is 2.33 bits per heavy atom. The quantitative estimate of drug-likeness (QED) is 0.254. The topological polar surface area (TPSA) is 13.2 Å². The highest BCUT2D eigenvalue weighted by Crippen LogP contribution is 2.51. The predicted octanol–water partition coefficient (Wildman–Crippen LogP) is 5.74. The SMILES string of the molecule is Cc1cccc2c3cc(-n4cccc4)cc4c3n3c(c[n+](C)c3c12)C(C)(C)C4(C)C. The number of hydrogen-bond acceptors (Lipinski definition) is 0. The largest absolute Gasteiger partial charge is 0.324 e. The molecule has 4 heterocycles. The van der Waals surface area contributed by atoms with Gasteiger partial charge in [-0.25, -0.2) is 4.57 Å². The van der Waals surface area contributed by atoms with E-state index < -0.39 is 0 Å². The molecule has 1 aliphatic heterocycles. The molecule has 0 spiro atoms. The monoisotopic (exact) mass is 394 g/mol. The molecule has 3 nitrogen and oxygen atoms in total. The van der Waals surface area contributed by atoms with Gasteiger partial charge in [0, 0.05) is 45.2 Å². The lowest BCUT2D eigenvalue weighted by molar-refractivity contribution is -0.643. The molecule has 150 valence electrons. The number of aryl methyl sites for hydroxylation is 2. The first-order chi connectivity index (χ1) is 14.2. The van der Waals surface area contributed by atoms with Gasteiger partial charge >= 0.3 is 0 Å². The van der Waals surface area contributed by atoms with Crippen molar-refractivity contribution in [3.8, 4) is 5.69 Å². The number of fused-ring (bicyclic) bond motifs is 3. The molecular formula is C27H28N3+. The van der Waals surface area contributed by atoms with Gasteiger partial charge in [-0.05, 0) is 36.8 Å². The van der Waals surface area contributed by atoms with Gasteiger partial charge in [0.25, 0.3) is 5.65 Å². The molecule has 0 amide bonds. The van der Waals surface area contributed by atoms with Crippen molar-refractivity contribution >= 4 is 27.3 Å². The van der Waals surface area contributed by atoms with E-state index in [0.29, 0.717) is 0 Å². The average molecular weight is 395 g/mol. The van der Waals surface area contributed by atoms with Crippen LogP contribution in [0.2, 0.25) is 0 Å². The molecule has 3 heteroatoms. The van der Waals surface area contributed by atoms with Gasteiger partial charge in [0.1, 0.15) is 11.7 Å². The first-order valence-corrected chi connectivity index (χ1v) is 10.8. The standard InChI is InChI=1S/C27H28N3/c1-17-10-9-11-19-20-14-18(29-12-7-8-13-29)15-21-24(20)30-22(27(4,5)26(21,2)3)16-28(6)25(30)23(17)19/h7-16H,1-6H3/q+1. The summed E-state index contributed by atoms with van der Waals surface area (Å²) in [5.41, 5.74) is 8.00. The molecule has 5 aromatic rings. The van der Waals surface area contributed by atoms with Gasteiger partial charge in [0.05, 0.1) is 12.4 Å². The van der Waals surface area contributed by atoms with E-state index in [1.165, 1.54) is 49.8 Å². The fraction of sp³-hybridized carbons (Fsp3) is 0.296. The van der Waals surface area contributed by atoms with Gasteiger partial charge in [0.15, 0.2) is 5.69 Å². The fourth-order valence-electron chi connectivity index (χ4n) is 5.57. The number of rotatable bonds is 1. The lowest BCUT2D eigenvalue weighted by Gasteiger charge is -2.43. The number of hydrogen-bond donors (Lipinski definition) is 0. The highest BCUT2D eigenvalue weighted by atomic mass is 15.1. The third kappa shape index (κ3) is 1.89. The van der Waals surface area contributed by atoms with Crippen molar-refractivity contribution in [1.29, 1.82) is 0 Å². The van der Waals surface area contributed by atoms with Gasteiger partial charge in [-0.3, -0.25) is 0 Å². The minimum Gasteiger partial charge on any atom is -0.324 e. The number of imidazole rings is 1. The average Bonchev–Trinajstić information content (AvgIpc) is 3.35. The summed E-state index contributed by atoms with van der Waals surface area (Å²) in [5.74, 6) is 0. The first-order valence-electron chi connectivity index (χ1n) is 10.8. The van der Waals surface area contributed by atoms with Crippen molar-refractivity contribution in [2.45, 2.75) is 45.4 Å². The molecular weight excluding hydrogens is 366 g/mol. The normalized spacial score (nSPS) is 16.9. The van der Waals surface area contributed by atoms with Crippen LogP contribution in [0.4, 0.5) is 0 Å². The van der Waals surface area contributed by atoms with E-state index in [0.717, 1.165) is 0 Å². The van der Waals surface area contributed by atoms with Crippen LogP contribution in [0.3, 0.4) is 0 Å². The number of aromatic nitrogens is 3. The van der Waals surface area contributed by atoms with Crippen molar-refractivity contribution in [2.24, 2.45) is 7.05 Å². The van der Waals surface area contributed by atoms with Crippen molar-refractivity contribution in [3.63, 3.8) is 0 Å². The summed E-state index contributed by atoms with van der Waals surface area (Å²) in [7, 11) is 2.19. The Bertz CT molecular complexity index is 1490. The van der Waals surface area contributed by atoms with Crippen LogP contribution in [-0.4, -0.2) is 8.97 Å². The molecule has 1 aliphatic rings. The van der Waals surface area contributed by atoms with Gasteiger partial charge < -0.3 is 4.57 Å². The zero-order chi connectivity index (χ0) is 21.0. The smallest absolute Gasteiger partial charge is 0.295 e. The van der Waals surface area contributed by atoms with Gasteiger partial charge in [-0.1, -0.05) is 45.9 Å².